The molecule has 0 bridgehead atoms. The highest BCUT2D eigenvalue weighted by molar-refractivity contribution is 14.2. The summed E-state index contributed by atoms with van der Waals surface area (Å²) in [5.74, 6) is -37.8. The molecule has 2 atom stereocenters. The van der Waals surface area contributed by atoms with Gasteiger partial charge < -0.3 is 0 Å². The predicted molar refractivity (Wildman–Crippen MR) is 134 cm³/mol. The summed E-state index contributed by atoms with van der Waals surface area (Å²) in [6.45, 7) is 1.97. The summed E-state index contributed by atoms with van der Waals surface area (Å²) in [6, 6.07) is 0. The molecule has 0 saturated heterocycles. The Morgan fingerprint density at radius 2 is 0.861 bits per heavy atom. The maximum absolute atomic E-state index is 15.3. The number of hydrogen-bond acceptors (Lipinski definition) is 0. The van der Waals surface area contributed by atoms with Crippen molar-refractivity contribution in [1.82, 2.24) is 0 Å². The van der Waals surface area contributed by atoms with Gasteiger partial charge in [-0.15, -0.1) is 20.7 Å². The van der Waals surface area contributed by atoms with E-state index in [9.17, 15) is 57.1 Å². The Hall–Kier alpha value is 1.08. The fourth-order valence-electron chi connectivity index (χ4n) is 3.02. The molecule has 0 amide bonds. The van der Waals surface area contributed by atoms with E-state index in [1.807, 2.05) is 6.92 Å². The molecular formula is C19H23F14I3. The molecule has 218 valence electrons. The van der Waals surface area contributed by atoms with E-state index in [2.05, 4.69) is 4.51 Å². The van der Waals surface area contributed by atoms with Gasteiger partial charge in [-0.25, -0.2) is 4.39 Å². The van der Waals surface area contributed by atoms with E-state index < -0.39 is 68.0 Å². The van der Waals surface area contributed by atoms with Gasteiger partial charge in [-0.3, -0.25) is 0 Å². The van der Waals surface area contributed by atoms with Crippen LogP contribution in [0.3, 0.4) is 0 Å². The summed E-state index contributed by atoms with van der Waals surface area (Å²) >= 11 is -1.88. The fourth-order valence-corrected chi connectivity index (χ4v) is 6.96. The summed E-state index contributed by atoms with van der Waals surface area (Å²) in [4.78, 5) is 0. The van der Waals surface area contributed by atoms with E-state index in [-0.39, 0.29) is 12.8 Å². The Kier molecular flexibility index (Phi) is 13.1. The van der Waals surface area contributed by atoms with E-state index >= 15 is 4.39 Å². The molecule has 0 radical (unpaired) electrons. The largest absolute Gasteiger partial charge is 0.460 e. The molecule has 0 aromatic rings. The Morgan fingerprint density at radius 1 is 0.528 bits per heavy atom. The van der Waals surface area contributed by atoms with Gasteiger partial charge in [0.1, 0.15) is 0 Å². The van der Waals surface area contributed by atoms with Gasteiger partial charge >= 0.3 is 35.8 Å². The van der Waals surface area contributed by atoms with E-state index in [0.29, 0.717) is 58.0 Å². The maximum atomic E-state index is 15.3. The summed E-state index contributed by atoms with van der Waals surface area (Å²) in [6.07, 6.45) is -3.59. The first-order valence-electron chi connectivity index (χ1n) is 10.3. The molecule has 0 aliphatic heterocycles. The van der Waals surface area contributed by atoms with Crippen molar-refractivity contribution in [3.63, 3.8) is 0 Å². The van der Waals surface area contributed by atoms with E-state index in [4.69, 9.17) is 0 Å². The van der Waals surface area contributed by atoms with Crippen molar-refractivity contribution in [2.75, 3.05) is 0 Å². The van der Waals surface area contributed by atoms with Crippen molar-refractivity contribution in [3.05, 3.63) is 0 Å². The summed E-state index contributed by atoms with van der Waals surface area (Å²) in [5.41, 5.74) is 0. The highest BCUT2D eigenvalue weighted by Gasteiger charge is 2.93. The third kappa shape index (κ3) is 6.68. The number of unbranched alkanes of at least 4 members (excludes halogenated alkanes) is 7. The zero-order valence-electron chi connectivity index (χ0n) is 18.5. The molecule has 17 heteroatoms. The van der Waals surface area contributed by atoms with Crippen molar-refractivity contribution in [2.45, 2.75) is 106 Å². The number of alkyl halides is 17. The van der Waals surface area contributed by atoms with Gasteiger partial charge in [0.05, 0.1) is 0 Å². The van der Waals surface area contributed by atoms with Crippen LogP contribution < -0.4 is 0 Å². The fraction of sp³-hybridized carbons (Fsp3) is 0.947. The minimum absolute atomic E-state index is 0.206. The smallest absolute Gasteiger partial charge is 0.230 e. The van der Waals surface area contributed by atoms with Crippen LogP contribution in [-0.2, 0) is 0 Å². The van der Waals surface area contributed by atoms with Crippen LogP contribution in [0.2, 0.25) is 0 Å². The van der Waals surface area contributed by atoms with Gasteiger partial charge in [-0.1, -0.05) is 79.0 Å². The van der Waals surface area contributed by atoms with Crippen LogP contribution in [0.15, 0.2) is 0 Å². The normalized spacial score (nSPS) is 18.1. The lowest BCUT2D eigenvalue weighted by Gasteiger charge is -2.46. The molecule has 36 heavy (non-hydrogen) atoms. The highest BCUT2D eigenvalue weighted by Crippen LogP contribution is 2.68. The van der Waals surface area contributed by atoms with Crippen LogP contribution in [0, 0.1) is 0 Å². The zero-order valence-corrected chi connectivity index (χ0v) is 25.0. The van der Waals surface area contributed by atoms with E-state index in [1.165, 1.54) is 0 Å². The van der Waals surface area contributed by atoms with Gasteiger partial charge in [-0.05, 0) is 35.4 Å². The first-order chi connectivity index (χ1) is 15.9. The topological polar surface area (TPSA) is 0 Å². The minimum atomic E-state index is -8.01. The first-order valence-corrected chi connectivity index (χ1v) is 15.1. The molecule has 0 heterocycles. The van der Waals surface area contributed by atoms with Gasteiger partial charge in [0.25, 0.3) is 0 Å². The van der Waals surface area contributed by atoms with Crippen molar-refractivity contribution in [3.8, 4) is 0 Å². The number of hydrogen-bond donors (Lipinski definition) is 0. The van der Waals surface area contributed by atoms with E-state index in [1.54, 1.807) is 0 Å². The van der Waals surface area contributed by atoms with E-state index in [0.717, 1.165) is 25.7 Å². The van der Waals surface area contributed by atoms with Crippen LogP contribution in [0.4, 0.5) is 61.5 Å². The Morgan fingerprint density at radius 3 is 1.22 bits per heavy atom. The third-order valence-electron chi connectivity index (χ3n) is 5.32. The average Bonchev–Trinajstić information content (AvgIpc) is 2.73. The Balaban J connectivity index is 6.05. The molecule has 0 nitrogen and oxygen atoms in total. The lowest BCUT2D eigenvalue weighted by molar-refractivity contribution is -0.440. The van der Waals surface area contributed by atoms with Crippen LogP contribution >= 0.6 is 65.9 Å². The predicted octanol–water partition coefficient (Wildman–Crippen LogP) is 10.9. The Bertz CT molecular complexity index is 721. The van der Waals surface area contributed by atoms with Crippen molar-refractivity contribution >= 4 is 70.4 Å². The van der Waals surface area contributed by atoms with Gasteiger partial charge in [-0.2, -0.15) is 57.1 Å². The van der Waals surface area contributed by atoms with Crippen LogP contribution in [0.5, 0.6) is 0 Å². The van der Waals surface area contributed by atoms with Crippen molar-refractivity contribution in [1.29, 1.82) is 0 Å². The molecule has 0 fully saturated rings. The van der Waals surface area contributed by atoms with Gasteiger partial charge in [0.2, 0.25) is 0 Å². The third-order valence-corrected chi connectivity index (χ3v) is 14.8. The quantitative estimate of drug-likeness (QED) is 0.0627. The molecule has 0 aliphatic rings. The molecule has 0 aromatic carbocycles. The molecular weight excluding hydrogens is 875 g/mol. The van der Waals surface area contributed by atoms with Gasteiger partial charge in [0.15, 0.2) is 5.10 Å². The van der Waals surface area contributed by atoms with Gasteiger partial charge in [0, 0.05) is 0 Å². The summed E-state index contributed by atoms with van der Waals surface area (Å²) in [7, 11) is 0. The monoisotopic (exact) mass is 898 g/mol. The van der Waals surface area contributed by atoms with Crippen molar-refractivity contribution in [2.24, 2.45) is 0 Å². The molecule has 0 spiro atoms. The molecule has 0 aromatic heterocycles. The molecule has 0 aliphatic carbocycles. The second-order valence-electron chi connectivity index (χ2n) is 8.01. The standard InChI is InChI=1S/C19H23F14I3/c1-3-4-5-6-7-8-9-10-11-12(20,34)18(35,36-2)16(27,28)14(23,24)13(21,22)15(25,26)17(29,30)19(31,32)33/h2-11H2,1H3. The zero-order chi connectivity index (χ0) is 29.1. The summed E-state index contributed by atoms with van der Waals surface area (Å²) in [5, 5.41) is 0. The average molecular weight is 898 g/mol. The second kappa shape index (κ2) is 12.7. The highest BCUT2D eigenvalue weighted by atomic mass is 127. The van der Waals surface area contributed by atoms with Crippen LogP contribution in [0.1, 0.15) is 64.7 Å². The van der Waals surface area contributed by atoms with Crippen LogP contribution in [-0.4, -0.2) is 45.4 Å². The van der Waals surface area contributed by atoms with Crippen molar-refractivity contribution < 1.29 is 61.5 Å². The summed E-state index contributed by atoms with van der Waals surface area (Å²) < 4.78 is 187. The molecule has 0 saturated carbocycles. The van der Waals surface area contributed by atoms with Crippen LogP contribution in [0.25, 0.3) is 0 Å². The number of rotatable bonds is 16. The number of halogens is 17. The SMILES string of the molecule is C=IC(I)(C(F)(I)CCCCCCCCCC)C(F)(F)C(F)(F)C(F)(F)C(F)(F)C(F)(F)C(F)(F)F. The lowest BCUT2D eigenvalue weighted by atomic mass is 9.90. The Labute approximate surface area is 236 Å². The molecule has 0 rings (SSSR count). The molecule has 0 N–H and O–H groups in total. The molecule has 2 unspecified atom stereocenters. The first kappa shape index (κ1) is 37.1. The maximum Gasteiger partial charge on any atom is 0.460 e. The second-order valence-corrected chi connectivity index (χ2v) is 15.8. The minimum Gasteiger partial charge on any atom is -0.230 e. The lowest BCUT2D eigenvalue weighted by Crippen LogP contribution is -2.73.